The number of nitrogens with zero attached hydrogens (tertiary/aromatic N) is 1. The summed E-state index contributed by atoms with van der Waals surface area (Å²) < 4.78 is 0. The summed E-state index contributed by atoms with van der Waals surface area (Å²) in [7, 11) is 4.13. The predicted octanol–water partition coefficient (Wildman–Crippen LogP) is 3.86. The molecule has 1 radical (unpaired) electrons. The fraction of sp³-hybridized carbons (Fsp3) is 0.125. The summed E-state index contributed by atoms with van der Waals surface area (Å²) in [6, 6.07) is 20.5. The molecule has 0 bridgehead atoms. The Balaban J connectivity index is 2.43. The average Bonchev–Trinajstić information content (AvgIpc) is 2.35. The Morgan fingerprint density at radius 2 is 1.65 bits per heavy atom. The van der Waals surface area contributed by atoms with E-state index in [4.69, 9.17) is 0 Å². The topological polar surface area (TPSA) is 3.24 Å². The molecule has 0 aliphatic heterocycles. The maximum Gasteiger partial charge on any atom is 0.0447 e. The highest BCUT2D eigenvalue weighted by Crippen LogP contribution is 2.28. The molecule has 0 saturated heterocycles. The number of hydrogen-bond acceptors (Lipinski definition) is 1. The largest absolute Gasteiger partial charge is 0.377 e. The summed E-state index contributed by atoms with van der Waals surface area (Å²) in [4.78, 5) is 2.13. The second-order valence-electron chi connectivity index (χ2n) is 4.49. The molecule has 3 rings (SSSR count). The van der Waals surface area contributed by atoms with Crippen molar-refractivity contribution in [2.45, 2.75) is 0 Å². The van der Waals surface area contributed by atoms with Crippen molar-refractivity contribution in [1.82, 2.24) is 0 Å². The Kier molecular flexibility index (Phi) is 2.25. The molecule has 3 aromatic rings. The average molecular weight is 220 g/mol. The summed E-state index contributed by atoms with van der Waals surface area (Å²) in [5.74, 6) is 0. The molecule has 17 heavy (non-hydrogen) atoms. The van der Waals surface area contributed by atoms with E-state index in [0.717, 1.165) is 0 Å². The molecule has 83 valence electrons. The highest BCUT2D eigenvalue weighted by molar-refractivity contribution is 6.03. The lowest BCUT2D eigenvalue weighted by molar-refractivity contribution is 1.14. The lowest BCUT2D eigenvalue weighted by Crippen LogP contribution is -2.08. The zero-order valence-electron chi connectivity index (χ0n) is 10.1. The van der Waals surface area contributed by atoms with Crippen LogP contribution in [0.3, 0.4) is 0 Å². The van der Waals surface area contributed by atoms with Crippen molar-refractivity contribution in [2.75, 3.05) is 19.0 Å². The molecule has 0 saturated carbocycles. The van der Waals surface area contributed by atoms with E-state index < -0.39 is 0 Å². The van der Waals surface area contributed by atoms with Gasteiger partial charge in [0, 0.05) is 31.2 Å². The maximum atomic E-state index is 3.52. The lowest BCUT2D eigenvalue weighted by Gasteiger charge is -2.15. The van der Waals surface area contributed by atoms with Gasteiger partial charge in [-0.1, -0.05) is 36.4 Å². The number of anilines is 1. The van der Waals surface area contributed by atoms with Gasteiger partial charge < -0.3 is 4.90 Å². The van der Waals surface area contributed by atoms with Crippen molar-refractivity contribution in [3.05, 3.63) is 54.6 Å². The summed E-state index contributed by atoms with van der Waals surface area (Å²) in [5, 5.41) is 4.86. The molecule has 1 heteroatoms. The standard InChI is InChI=1S/C16H14N/c1-17(2)16-9-5-8-14-10-12-6-3-4-7-13(12)11-15(14)16/h3-10H,1-2H3. The van der Waals surface area contributed by atoms with E-state index in [1.165, 1.54) is 27.2 Å². The van der Waals surface area contributed by atoms with Crippen LogP contribution < -0.4 is 4.90 Å². The van der Waals surface area contributed by atoms with Gasteiger partial charge in [-0.15, -0.1) is 0 Å². The summed E-state index contributed by atoms with van der Waals surface area (Å²) in [6.07, 6.45) is 0. The smallest absolute Gasteiger partial charge is 0.0447 e. The fourth-order valence-corrected chi connectivity index (χ4v) is 2.23. The minimum absolute atomic E-state index is 1.18. The van der Waals surface area contributed by atoms with Crippen LogP contribution in [-0.4, -0.2) is 14.1 Å². The molecular weight excluding hydrogens is 206 g/mol. The second-order valence-corrected chi connectivity index (χ2v) is 4.49. The van der Waals surface area contributed by atoms with Crippen LogP contribution >= 0.6 is 0 Å². The number of benzene rings is 3. The van der Waals surface area contributed by atoms with E-state index in [1.54, 1.807) is 0 Å². The molecule has 1 nitrogen and oxygen atoms in total. The van der Waals surface area contributed by atoms with E-state index in [2.05, 4.69) is 73.6 Å². The molecule has 3 aromatic carbocycles. The third-order valence-electron chi connectivity index (χ3n) is 3.09. The van der Waals surface area contributed by atoms with Gasteiger partial charge in [0.05, 0.1) is 0 Å². The Morgan fingerprint density at radius 3 is 2.47 bits per heavy atom. The summed E-state index contributed by atoms with van der Waals surface area (Å²) >= 11 is 0. The first-order valence-corrected chi connectivity index (χ1v) is 5.77. The van der Waals surface area contributed by atoms with Crippen molar-refractivity contribution in [2.24, 2.45) is 0 Å². The lowest BCUT2D eigenvalue weighted by atomic mass is 10.0. The third kappa shape index (κ3) is 1.64. The van der Waals surface area contributed by atoms with Gasteiger partial charge in [-0.3, -0.25) is 0 Å². The van der Waals surface area contributed by atoms with Gasteiger partial charge in [0.1, 0.15) is 0 Å². The van der Waals surface area contributed by atoms with E-state index >= 15 is 0 Å². The van der Waals surface area contributed by atoms with E-state index in [9.17, 15) is 0 Å². The molecule has 0 aromatic heterocycles. The zero-order chi connectivity index (χ0) is 11.8. The van der Waals surface area contributed by atoms with Gasteiger partial charge in [-0.2, -0.15) is 0 Å². The van der Waals surface area contributed by atoms with Gasteiger partial charge in [0.15, 0.2) is 0 Å². The van der Waals surface area contributed by atoms with Crippen LogP contribution in [0.1, 0.15) is 0 Å². The van der Waals surface area contributed by atoms with Gasteiger partial charge in [-0.05, 0) is 28.3 Å². The predicted molar refractivity (Wildman–Crippen MR) is 74.6 cm³/mol. The van der Waals surface area contributed by atoms with Crippen molar-refractivity contribution in [1.29, 1.82) is 0 Å². The van der Waals surface area contributed by atoms with Crippen molar-refractivity contribution in [3.63, 3.8) is 0 Å². The summed E-state index contributed by atoms with van der Waals surface area (Å²) in [5.41, 5.74) is 1.22. The van der Waals surface area contributed by atoms with E-state index in [-0.39, 0.29) is 0 Å². The third-order valence-corrected chi connectivity index (χ3v) is 3.09. The minimum Gasteiger partial charge on any atom is -0.377 e. The van der Waals surface area contributed by atoms with Crippen molar-refractivity contribution in [3.8, 4) is 0 Å². The normalized spacial score (nSPS) is 10.9. The second kappa shape index (κ2) is 3.77. The molecule has 0 amide bonds. The van der Waals surface area contributed by atoms with Crippen molar-refractivity contribution < 1.29 is 0 Å². The van der Waals surface area contributed by atoms with Gasteiger partial charge in [-0.25, -0.2) is 0 Å². The molecule has 0 fully saturated rings. The molecule has 0 aliphatic carbocycles. The van der Waals surface area contributed by atoms with Crippen LogP contribution in [0.2, 0.25) is 0 Å². The van der Waals surface area contributed by atoms with E-state index in [1.807, 2.05) is 0 Å². The molecule has 0 unspecified atom stereocenters. The van der Waals surface area contributed by atoms with Gasteiger partial charge >= 0.3 is 0 Å². The molecular formula is C16H14N. The molecule has 0 spiro atoms. The molecule has 0 atom stereocenters. The van der Waals surface area contributed by atoms with Crippen molar-refractivity contribution >= 4 is 27.2 Å². The quantitative estimate of drug-likeness (QED) is 0.563. The first-order valence-electron chi connectivity index (χ1n) is 5.77. The van der Waals surface area contributed by atoms with E-state index in [0.29, 0.717) is 0 Å². The first-order chi connectivity index (χ1) is 8.25. The fourth-order valence-electron chi connectivity index (χ4n) is 2.23. The Morgan fingerprint density at radius 1 is 0.882 bits per heavy atom. The van der Waals surface area contributed by atoms with Gasteiger partial charge in [0.2, 0.25) is 0 Å². The minimum atomic E-state index is 1.18. The molecule has 0 N–H and O–H groups in total. The Hall–Kier alpha value is -2.02. The SMILES string of the molecule is CN(C)c1cccc2cc3ccccc3[c]c12. The zero-order valence-corrected chi connectivity index (χ0v) is 10.1. The van der Waals surface area contributed by atoms with Gasteiger partial charge in [0.25, 0.3) is 0 Å². The monoisotopic (exact) mass is 220 g/mol. The van der Waals surface area contributed by atoms with Crippen LogP contribution in [0.25, 0.3) is 21.5 Å². The highest BCUT2D eigenvalue weighted by Gasteiger charge is 2.04. The number of fused-ring (bicyclic) bond motifs is 2. The number of rotatable bonds is 1. The van der Waals surface area contributed by atoms with Crippen LogP contribution in [0.5, 0.6) is 0 Å². The highest BCUT2D eigenvalue weighted by atomic mass is 15.1. The molecule has 0 aliphatic rings. The summed E-state index contributed by atoms with van der Waals surface area (Å²) in [6.45, 7) is 0. The first kappa shape index (κ1) is 10.2. The number of hydrogen-bond donors (Lipinski definition) is 0. The maximum absolute atomic E-state index is 3.52. The Bertz CT molecular complexity index is 683. The van der Waals surface area contributed by atoms with Crippen LogP contribution in [0.15, 0.2) is 48.5 Å². The van der Waals surface area contributed by atoms with Crippen LogP contribution in [0, 0.1) is 6.07 Å². The Labute approximate surface area is 101 Å². The van der Waals surface area contributed by atoms with Crippen LogP contribution in [-0.2, 0) is 0 Å². The van der Waals surface area contributed by atoms with Crippen LogP contribution in [0.4, 0.5) is 5.69 Å². The molecule has 0 heterocycles.